The third-order valence-corrected chi connectivity index (χ3v) is 5.84. The predicted octanol–water partition coefficient (Wildman–Crippen LogP) is 2.22. The summed E-state index contributed by atoms with van der Waals surface area (Å²) in [5, 5.41) is 6.85. The van der Waals surface area contributed by atoms with Crippen LogP contribution in [0.3, 0.4) is 0 Å². The summed E-state index contributed by atoms with van der Waals surface area (Å²) in [7, 11) is 0. The number of allylic oxidation sites excluding steroid dienone is 1. The Morgan fingerprint density at radius 1 is 1.30 bits per heavy atom. The van der Waals surface area contributed by atoms with E-state index in [2.05, 4.69) is 22.8 Å². The fraction of sp³-hybridized carbons (Fsp3) is 0.833. The average Bonchev–Trinajstić information content (AvgIpc) is 3.00. The second kappa shape index (κ2) is 5.49. The van der Waals surface area contributed by atoms with Crippen LogP contribution in [0, 0.1) is 17.8 Å². The second-order valence-electron chi connectivity index (χ2n) is 8.50. The van der Waals surface area contributed by atoms with Gasteiger partial charge in [0.15, 0.2) is 0 Å². The molecule has 0 bridgehead atoms. The van der Waals surface area contributed by atoms with Crippen LogP contribution in [0.5, 0.6) is 0 Å². The number of nitrogens with one attached hydrogen (secondary N) is 2. The zero-order chi connectivity index (χ0) is 16.2. The van der Waals surface area contributed by atoms with E-state index in [1.165, 1.54) is 12.8 Å². The number of carbonyl (C=O) groups is 1. The Morgan fingerprint density at radius 3 is 2.87 bits per heavy atom. The van der Waals surface area contributed by atoms with Gasteiger partial charge in [0.25, 0.3) is 0 Å². The van der Waals surface area contributed by atoms with Gasteiger partial charge in [0.05, 0.1) is 18.2 Å². The van der Waals surface area contributed by atoms with Gasteiger partial charge in [-0.05, 0) is 51.9 Å². The van der Waals surface area contributed by atoms with Crippen LogP contribution in [0.1, 0.15) is 40.0 Å². The molecule has 1 aliphatic heterocycles. The molecule has 0 spiro atoms. The van der Waals surface area contributed by atoms with Gasteiger partial charge in [0.1, 0.15) is 5.60 Å². The van der Waals surface area contributed by atoms with Crippen LogP contribution < -0.4 is 10.6 Å². The van der Waals surface area contributed by atoms with E-state index in [0.29, 0.717) is 17.9 Å². The Balaban J connectivity index is 1.37. The first kappa shape index (κ1) is 15.5. The van der Waals surface area contributed by atoms with Crippen LogP contribution in [0.15, 0.2) is 12.2 Å². The molecule has 1 amide bonds. The molecule has 5 nitrogen and oxygen atoms in total. The number of rotatable bonds is 3. The highest BCUT2D eigenvalue weighted by molar-refractivity contribution is 5.68. The van der Waals surface area contributed by atoms with Gasteiger partial charge >= 0.3 is 6.09 Å². The van der Waals surface area contributed by atoms with Crippen molar-refractivity contribution in [1.82, 2.24) is 10.6 Å². The topological polar surface area (TPSA) is 59.6 Å². The van der Waals surface area contributed by atoms with E-state index in [1.54, 1.807) is 0 Å². The average molecular weight is 320 g/mol. The molecule has 23 heavy (non-hydrogen) atoms. The zero-order valence-electron chi connectivity index (χ0n) is 14.2. The van der Waals surface area contributed by atoms with E-state index < -0.39 is 5.60 Å². The molecule has 0 aromatic rings. The molecule has 1 heterocycles. The van der Waals surface area contributed by atoms with E-state index in [4.69, 9.17) is 9.47 Å². The summed E-state index contributed by atoms with van der Waals surface area (Å²) in [5.74, 6) is 1.94. The van der Waals surface area contributed by atoms with Crippen LogP contribution in [-0.4, -0.2) is 42.5 Å². The first-order valence-electron chi connectivity index (χ1n) is 8.96. The number of hydrogen-bond acceptors (Lipinski definition) is 4. The van der Waals surface area contributed by atoms with E-state index >= 15 is 0 Å². The van der Waals surface area contributed by atoms with Crippen molar-refractivity contribution in [2.45, 2.75) is 69.9 Å². The maximum Gasteiger partial charge on any atom is 0.407 e. The molecule has 4 rings (SSSR count). The van der Waals surface area contributed by atoms with Crippen molar-refractivity contribution in [1.29, 1.82) is 0 Å². The van der Waals surface area contributed by atoms with E-state index in [-0.39, 0.29) is 24.3 Å². The van der Waals surface area contributed by atoms with Crippen molar-refractivity contribution < 1.29 is 14.3 Å². The molecule has 5 heteroatoms. The summed E-state index contributed by atoms with van der Waals surface area (Å²) in [6.45, 7) is 6.49. The highest BCUT2D eigenvalue weighted by atomic mass is 16.6. The number of fused-ring (bicyclic) bond motifs is 2. The molecule has 0 radical (unpaired) electrons. The molecule has 128 valence electrons. The lowest BCUT2D eigenvalue weighted by molar-refractivity contribution is -0.0475. The Bertz CT molecular complexity index is 513. The molecular weight excluding hydrogens is 292 g/mol. The molecule has 3 fully saturated rings. The van der Waals surface area contributed by atoms with Crippen molar-refractivity contribution in [3.63, 3.8) is 0 Å². The minimum Gasteiger partial charge on any atom is -0.444 e. The molecule has 4 aliphatic rings. The van der Waals surface area contributed by atoms with Gasteiger partial charge in [0.2, 0.25) is 0 Å². The van der Waals surface area contributed by atoms with Crippen LogP contribution in [0.4, 0.5) is 4.79 Å². The fourth-order valence-electron chi connectivity index (χ4n) is 4.70. The maximum absolute atomic E-state index is 12.1. The van der Waals surface area contributed by atoms with Gasteiger partial charge < -0.3 is 20.1 Å². The van der Waals surface area contributed by atoms with Crippen molar-refractivity contribution in [3.05, 3.63) is 12.2 Å². The normalized spacial score (nSPS) is 44.0. The van der Waals surface area contributed by atoms with Crippen molar-refractivity contribution in [2.24, 2.45) is 17.8 Å². The first-order chi connectivity index (χ1) is 10.9. The summed E-state index contributed by atoms with van der Waals surface area (Å²) in [6.07, 6.45) is 8.10. The molecule has 7 atom stereocenters. The van der Waals surface area contributed by atoms with Crippen molar-refractivity contribution in [2.75, 3.05) is 6.61 Å². The van der Waals surface area contributed by atoms with Crippen molar-refractivity contribution in [3.8, 4) is 0 Å². The molecule has 1 saturated heterocycles. The fourth-order valence-corrected chi connectivity index (χ4v) is 4.70. The number of ether oxygens (including phenoxy) is 2. The highest BCUT2D eigenvalue weighted by Crippen LogP contribution is 2.45. The Kier molecular flexibility index (Phi) is 3.69. The Labute approximate surface area is 138 Å². The molecule has 7 unspecified atom stereocenters. The summed E-state index contributed by atoms with van der Waals surface area (Å²) in [5.41, 5.74) is -0.460. The van der Waals surface area contributed by atoms with Gasteiger partial charge in [-0.3, -0.25) is 0 Å². The number of carbonyl (C=O) groups excluding carboxylic acids is 1. The third-order valence-electron chi connectivity index (χ3n) is 5.84. The van der Waals surface area contributed by atoms with E-state index in [0.717, 1.165) is 18.9 Å². The molecule has 2 saturated carbocycles. The van der Waals surface area contributed by atoms with Crippen molar-refractivity contribution >= 4 is 6.09 Å². The monoisotopic (exact) mass is 320 g/mol. The minimum absolute atomic E-state index is 0.127. The van der Waals surface area contributed by atoms with Crippen LogP contribution >= 0.6 is 0 Å². The first-order valence-corrected chi connectivity index (χ1v) is 8.96. The lowest BCUT2D eigenvalue weighted by Gasteiger charge is -2.52. The predicted molar refractivity (Wildman–Crippen MR) is 87.1 cm³/mol. The smallest absolute Gasteiger partial charge is 0.407 e. The summed E-state index contributed by atoms with van der Waals surface area (Å²) < 4.78 is 11.3. The van der Waals surface area contributed by atoms with E-state index in [1.807, 2.05) is 20.8 Å². The van der Waals surface area contributed by atoms with E-state index in [9.17, 15) is 4.79 Å². The molecular formula is C18H28N2O3. The summed E-state index contributed by atoms with van der Waals surface area (Å²) in [6, 6.07) is 0.883. The van der Waals surface area contributed by atoms with Crippen LogP contribution in [0.25, 0.3) is 0 Å². The molecule has 0 aromatic heterocycles. The maximum atomic E-state index is 12.1. The zero-order valence-corrected chi connectivity index (χ0v) is 14.2. The summed E-state index contributed by atoms with van der Waals surface area (Å²) in [4.78, 5) is 12.1. The number of alkyl carbamates (subject to hydrolysis) is 1. The highest BCUT2D eigenvalue weighted by Gasteiger charge is 2.56. The summed E-state index contributed by atoms with van der Waals surface area (Å²) >= 11 is 0. The van der Waals surface area contributed by atoms with Gasteiger partial charge in [-0.25, -0.2) is 4.79 Å². The Morgan fingerprint density at radius 2 is 2.13 bits per heavy atom. The quantitative estimate of drug-likeness (QED) is 0.783. The molecule has 0 aromatic carbocycles. The van der Waals surface area contributed by atoms with Gasteiger partial charge in [0, 0.05) is 18.6 Å². The van der Waals surface area contributed by atoms with Gasteiger partial charge in [-0.15, -0.1) is 0 Å². The number of hydrogen-bond donors (Lipinski definition) is 2. The van der Waals surface area contributed by atoms with Crippen LogP contribution in [0.2, 0.25) is 0 Å². The lowest BCUT2D eigenvalue weighted by Crippen LogP contribution is -2.73. The van der Waals surface area contributed by atoms with Crippen LogP contribution in [-0.2, 0) is 9.47 Å². The SMILES string of the molecule is CC(C)(C)OC(=O)NC1C2CCOC2C1NC1CC2CC=CC21. The largest absolute Gasteiger partial charge is 0.444 e. The third kappa shape index (κ3) is 2.78. The Hall–Kier alpha value is -1.07. The molecule has 2 N–H and O–H groups in total. The standard InChI is InChI=1S/C18H28N2O3/c1-18(2,3)23-17(21)20-14-12-7-8-22-16(12)15(14)19-13-9-10-5-4-6-11(10)13/h4,6,10-16,19H,5,7-9H2,1-3H3,(H,20,21). The minimum atomic E-state index is -0.460. The second-order valence-corrected chi connectivity index (χ2v) is 8.50. The van der Waals surface area contributed by atoms with Gasteiger partial charge in [-0.1, -0.05) is 12.2 Å². The van der Waals surface area contributed by atoms with Gasteiger partial charge in [-0.2, -0.15) is 0 Å². The number of amides is 1. The molecule has 3 aliphatic carbocycles. The lowest BCUT2D eigenvalue weighted by atomic mass is 9.67.